The van der Waals surface area contributed by atoms with Crippen LogP contribution in [0.1, 0.15) is 52.6 Å². The molecule has 0 saturated carbocycles. The molecule has 7 heteroatoms. The highest BCUT2D eigenvalue weighted by Gasteiger charge is 2.24. The van der Waals surface area contributed by atoms with Gasteiger partial charge in [0.25, 0.3) is 12.3 Å². The molecule has 1 atom stereocenters. The third-order valence-electron chi connectivity index (χ3n) is 3.87. The molecule has 0 unspecified atom stereocenters. The maximum Gasteiger partial charge on any atom is 0.280 e. The topological polar surface area (TPSA) is 54.9 Å². The van der Waals surface area contributed by atoms with Crippen molar-refractivity contribution in [1.29, 1.82) is 0 Å². The van der Waals surface area contributed by atoms with Crippen molar-refractivity contribution in [3.05, 3.63) is 58.9 Å². The van der Waals surface area contributed by atoms with Gasteiger partial charge in [0.05, 0.1) is 6.04 Å². The van der Waals surface area contributed by atoms with Crippen molar-refractivity contribution in [3.63, 3.8) is 0 Å². The highest BCUT2D eigenvalue weighted by molar-refractivity contribution is 5.92. The van der Waals surface area contributed by atoms with Crippen LogP contribution in [-0.4, -0.2) is 15.9 Å². The van der Waals surface area contributed by atoms with Crippen LogP contribution in [0.2, 0.25) is 0 Å². The van der Waals surface area contributed by atoms with Crippen LogP contribution in [0.15, 0.2) is 30.6 Å². The maximum absolute atomic E-state index is 13.5. The van der Waals surface area contributed by atoms with E-state index in [0.29, 0.717) is 6.42 Å². The summed E-state index contributed by atoms with van der Waals surface area (Å²) in [5, 5.41) is 2.74. The molecular formula is C16H14F3N3O. The van der Waals surface area contributed by atoms with Crippen molar-refractivity contribution in [2.75, 3.05) is 0 Å². The van der Waals surface area contributed by atoms with Crippen LogP contribution in [-0.2, 0) is 6.42 Å². The number of hydrogen-bond acceptors (Lipinski definition) is 3. The Morgan fingerprint density at radius 2 is 2.09 bits per heavy atom. The lowest BCUT2D eigenvalue weighted by Gasteiger charge is -2.26. The second-order valence-electron chi connectivity index (χ2n) is 5.39. The Hall–Kier alpha value is -2.44. The molecule has 0 radical (unpaired) electrons. The quantitative estimate of drug-likeness (QED) is 0.943. The minimum absolute atomic E-state index is 0.126. The Bertz CT molecular complexity index is 736. The number of halogens is 3. The Labute approximate surface area is 130 Å². The number of alkyl halides is 2. The largest absolute Gasteiger partial charge is 0.344 e. The molecule has 2 aromatic rings. The van der Waals surface area contributed by atoms with Gasteiger partial charge in [-0.25, -0.2) is 23.1 Å². The molecule has 1 aliphatic carbocycles. The molecular weight excluding hydrogens is 307 g/mol. The summed E-state index contributed by atoms with van der Waals surface area (Å²) in [6.07, 6.45) is 0.509. The molecule has 23 heavy (non-hydrogen) atoms. The first-order valence-corrected chi connectivity index (χ1v) is 7.24. The van der Waals surface area contributed by atoms with E-state index in [1.807, 2.05) is 0 Å². The first-order valence-electron chi connectivity index (χ1n) is 7.24. The number of aryl methyl sites for hydroxylation is 1. The number of hydrogen-bond donors (Lipinski definition) is 1. The van der Waals surface area contributed by atoms with E-state index in [4.69, 9.17) is 0 Å². The summed E-state index contributed by atoms with van der Waals surface area (Å²) in [7, 11) is 0. The van der Waals surface area contributed by atoms with Gasteiger partial charge in [-0.05, 0) is 48.6 Å². The van der Waals surface area contributed by atoms with Crippen molar-refractivity contribution < 1.29 is 18.0 Å². The zero-order valence-corrected chi connectivity index (χ0v) is 12.1. The molecule has 1 amide bonds. The molecule has 4 nitrogen and oxygen atoms in total. The lowest BCUT2D eigenvalue weighted by Crippen LogP contribution is -2.31. The van der Waals surface area contributed by atoms with Crippen LogP contribution in [0, 0.1) is 5.82 Å². The molecule has 3 rings (SSSR count). The van der Waals surface area contributed by atoms with Gasteiger partial charge in [-0.3, -0.25) is 4.79 Å². The molecule has 1 aromatic heterocycles. The first kappa shape index (κ1) is 15.5. The molecule has 0 saturated heterocycles. The average Bonchev–Trinajstić information content (AvgIpc) is 2.55. The number of carbonyl (C=O) groups excluding carboxylic acids is 1. The number of fused-ring (bicyclic) bond motifs is 1. The lowest BCUT2D eigenvalue weighted by molar-refractivity contribution is 0.0926. The highest BCUT2D eigenvalue weighted by Crippen LogP contribution is 2.30. The summed E-state index contributed by atoms with van der Waals surface area (Å²) in [6, 6.07) is 5.12. The Kier molecular flexibility index (Phi) is 4.27. The summed E-state index contributed by atoms with van der Waals surface area (Å²) in [6.45, 7) is 0. The smallest absolute Gasteiger partial charge is 0.280 e. The maximum atomic E-state index is 13.5. The van der Waals surface area contributed by atoms with Crippen LogP contribution in [0.25, 0.3) is 0 Å². The molecule has 0 aliphatic heterocycles. The monoisotopic (exact) mass is 321 g/mol. The highest BCUT2D eigenvalue weighted by atomic mass is 19.3. The van der Waals surface area contributed by atoms with Crippen LogP contribution in [0.4, 0.5) is 13.2 Å². The summed E-state index contributed by atoms with van der Waals surface area (Å²) in [5.41, 5.74) is 1.09. The van der Waals surface area contributed by atoms with E-state index in [0.717, 1.165) is 36.4 Å². The van der Waals surface area contributed by atoms with Crippen molar-refractivity contribution in [1.82, 2.24) is 15.3 Å². The van der Waals surface area contributed by atoms with Gasteiger partial charge >= 0.3 is 0 Å². The molecule has 0 spiro atoms. The van der Waals surface area contributed by atoms with E-state index < -0.39 is 18.0 Å². The lowest BCUT2D eigenvalue weighted by atomic mass is 9.87. The van der Waals surface area contributed by atoms with E-state index in [1.54, 1.807) is 6.07 Å². The van der Waals surface area contributed by atoms with Crippen molar-refractivity contribution in [3.8, 4) is 0 Å². The number of aromatic nitrogens is 2. The molecule has 1 aromatic carbocycles. The number of benzene rings is 1. The predicted octanol–water partition coefficient (Wildman–Crippen LogP) is 3.36. The van der Waals surface area contributed by atoms with E-state index in [2.05, 4.69) is 15.3 Å². The van der Waals surface area contributed by atoms with Gasteiger partial charge < -0.3 is 5.32 Å². The normalized spacial score (nSPS) is 17.0. The summed E-state index contributed by atoms with van der Waals surface area (Å²) < 4.78 is 38.7. The van der Waals surface area contributed by atoms with E-state index in [1.165, 1.54) is 12.1 Å². The minimum atomic E-state index is -2.77. The number of amides is 1. The van der Waals surface area contributed by atoms with Gasteiger partial charge in [0.2, 0.25) is 0 Å². The zero-order valence-electron chi connectivity index (χ0n) is 12.1. The number of carbonyl (C=O) groups is 1. The zero-order chi connectivity index (χ0) is 16.4. The molecule has 1 N–H and O–H groups in total. The van der Waals surface area contributed by atoms with Crippen molar-refractivity contribution >= 4 is 5.91 Å². The third-order valence-corrected chi connectivity index (χ3v) is 3.87. The third kappa shape index (κ3) is 3.33. The Balaban J connectivity index is 1.82. The summed E-state index contributed by atoms with van der Waals surface area (Å²) >= 11 is 0. The molecule has 0 bridgehead atoms. The van der Waals surface area contributed by atoms with Gasteiger partial charge in [-0.15, -0.1) is 0 Å². The molecule has 120 valence electrons. The number of nitrogens with one attached hydrogen (secondary N) is 1. The van der Waals surface area contributed by atoms with Crippen LogP contribution in [0.3, 0.4) is 0 Å². The van der Waals surface area contributed by atoms with Gasteiger partial charge in [-0.2, -0.15) is 0 Å². The van der Waals surface area contributed by atoms with Gasteiger partial charge in [-0.1, -0.05) is 6.07 Å². The number of rotatable bonds is 3. The average molecular weight is 321 g/mol. The molecule has 1 heterocycles. The van der Waals surface area contributed by atoms with Gasteiger partial charge in [0.15, 0.2) is 0 Å². The fourth-order valence-corrected chi connectivity index (χ4v) is 2.77. The van der Waals surface area contributed by atoms with Crippen molar-refractivity contribution in [2.24, 2.45) is 0 Å². The van der Waals surface area contributed by atoms with Crippen LogP contribution < -0.4 is 5.32 Å². The van der Waals surface area contributed by atoms with Gasteiger partial charge in [0.1, 0.15) is 23.5 Å². The fourth-order valence-electron chi connectivity index (χ4n) is 2.77. The number of nitrogens with zero attached hydrogens (tertiary/aromatic N) is 2. The van der Waals surface area contributed by atoms with E-state index in [-0.39, 0.29) is 17.6 Å². The Morgan fingerprint density at radius 3 is 2.87 bits per heavy atom. The van der Waals surface area contributed by atoms with Crippen molar-refractivity contribution in [2.45, 2.75) is 31.7 Å². The predicted molar refractivity (Wildman–Crippen MR) is 76.5 cm³/mol. The second-order valence-corrected chi connectivity index (χ2v) is 5.39. The van der Waals surface area contributed by atoms with E-state index in [9.17, 15) is 18.0 Å². The SMILES string of the molecule is O=C(N[C@@H]1CCCc2ccc(F)cc21)c1cc(C(F)F)ncn1. The van der Waals surface area contributed by atoms with Crippen LogP contribution >= 0.6 is 0 Å². The van der Waals surface area contributed by atoms with Gasteiger partial charge in [0, 0.05) is 0 Å². The summed E-state index contributed by atoms with van der Waals surface area (Å²) in [4.78, 5) is 19.4. The first-order chi connectivity index (χ1) is 11.0. The minimum Gasteiger partial charge on any atom is -0.344 e. The van der Waals surface area contributed by atoms with Crippen LogP contribution in [0.5, 0.6) is 0 Å². The van der Waals surface area contributed by atoms with E-state index >= 15 is 0 Å². The summed E-state index contributed by atoms with van der Waals surface area (Å²) in [5.74, 6) is -0.941. The standard InChI is InChI=1S/C16H14F3N3O/c17-10-5-4-9-2-1-3-12(11(9)6-10)22-16(23)14-7-13(15(18)19)20-8-21-14/h4-8,12,15H,1-3H2,(H,22,23)/t12-/m1/s1. The fraction of sp³-hybridized carbons (Fsp3) is 0.312. The molecule has 1 aliphatic rings. The second kappa shape index (κ2) is 6.36. The Morgan fingerprint density at radius 1 is 1.26 bits per heavy atom. The molecule has 0 fully saturated rings.